The summed E-state index contributed by atoms with van der Waals surface area (Å²) in [6, 6.07) is 4.66. The van der Waals surface area contributed by atoms with Crippen molar-refractivity contribution in [1.29, 1.82) is 0 Å². The first-order chi connectivity index (χ1) is 20.6. The molecule has 43 heavy (non-hydrogen) atoms. The molecule has 3 aliphatic heterocycles. The summed E-state index contributed by atoms with van der Waals surface area (Å²) >= 11 is 0. The van der Waals surface area contributed by atoms with Gasteiger partial charge in [-0.3, -0.25) is 4.57 Å². The number of anilines is 1. The quantitative estimate of drug-likeness (QED) is 0.127. The van der Waals surface area contributed by atoms with Gasteiger partial charge in [-0.2, -0.15) is 0 Å². The highest BCUT2D eigenvalue weighted by Gasteiger charge is 2.43. The monoisotopic (exact) mass is 609 g/mol. The molecular formula is C30H27F3N5O4P. The molecule has 1 atom stereocenters. The van der Waals surface area contributed by atoms with Crippen LogP contribution >= 0.6 is 7.37 Å². The summed E-state index contributed by atoms with van der Waals surface area (Å²) in [5.74, 6) is -7.79. The number of fused-ring (bicyclic) bond motifs is 2. The van der Waals surface area contributed by atoms with Crippen LogP contribution in [0.2, 0.25) is 0 Å². The van der Waals surface area contributed by atoms with Gasteiger partial charge in [-0.25, -0.2) is 17.7 Å². The second-order valence-electron chi connectivity index (χ2n) is 11.0. The summed E-state index contributed by atoms with van der Waals surface area (Å²) in [4.78, 5) is 28.4. The number of hydrogen-bond acceptors (Lipinski definition) is 5. The lowest BCUT2D eigenvalue weighted by molar-refractivity contribution is -0.535. The van der Waals surface area contributed by atoms with E-state index in [1.54, 1.807) is 12.1 Å². The van der Waals surface area contributed by atoms with Gasteiger partial charge in [0, 0.05) is 65.4 Å². The van der Waals surface area contributed by atoms with Crippen LogP contribution < -0.4 is 15.3 Å². The molecule has 9 nitrogen and oxygen atoms in total. The maximum Gasteiger partial charge on any atom is 0.260 e. The molecule has 2 fully saturated rings. The van der Waals surface area contributed by atoms with Crippen LogP contribution in [0, 0.1) is 17.5 Å². The van der Waals surface area contributed by atoms with Gasteiger partial charge < -0.3 is 19.7 Å². The Balaban J connectivity index is 1.70. The van der Waals surface area contributed by atoms with Crippen LogP contribution in [0.3, 0.4) is 0 Å². The molecule has 0 aromatic heterocycles. The molecule has 4 aliphatic rings. The zero-order valence-electron chi connectivity index (χ0n) is 23.0. The lowest BCUT2D eigenvalue weighted by Gasteiger charge is -2.34. The van der Waals surface area contributed by atoms with Crippen LogP contribution in [0.1, 0.15) is 60.0 Å². The maximum atomic E-state index is 16.1. The van der Waals surface area contributed by atoms with E-state index >= 15 is 8.78 Å². The van der Waals surface area contributed by atoms with Crippen molar-refractivity contribution in [2.45, 2.75) is 38.5 Å². The summed E-state index contributed by atoms with van der Waals surface area (Å²) in [7, 11) is -4.39. The Kier molecular flexibility index (Phi) is 7.54. The second-order valence-corrected chi connectivity index (χ2v) is 13.1. The number of piperidine rings is 2. The number of allylic oxidation sites excluding steroid dienone is 5. The van der Waals surface area contributed by atoms with Crippen LogP contribution in [0.4, 0.5) is 24.5 Å². The fraction of sp³-hybridized carbons (Fsp3) is 0.333. The normalized spacial score (nSPS) is 21.7. The van der Waals surface area contributed by atoms with E-state index in [1.165, 1.54) is 24.3 Å². The summed E-state index contributed by atoms with van der Waals surface area (Å²) in [6.45, 7) is 2.90. The molecule has 222 valence electrons. The largest absolute Gasteiger partial charge is 0.545 e. The maximum absolute atomic E-state index is 16.1. The topological polar surface area (TPSA) is 132 Å². The molecule has 0 bridgehead atoms. The molecule has 0 spiro atoms. The Bertz CT molecular complexity index is 1800. The van der Waals surface area contributed by atoms with E-state index in [0.717, 1.165) is 64.7 Å². The number of nitrogens with zero attached hydrogens (tertiary/aromatic N) is 5. The van der Waals surface area contributed by atoms with Crippen molar-refractivity contribution >= 4 is 41.3 Å². The molecule has 3 heterocycles. The smallest absolute Gasteiger partial charge is 0.260 e. The van der Waals surface area contributed by atoms with Gasteiger partial charge in [0.05, 0.1) is 16.6 Å². The van der Waals surface area contributed by atoms with Gasteiger partial charge in [0.25, 0.3) is 7.37 Å². The highest BCUT2D eigenvalue weighted by atomic mass is 31.2. The summed E-state index contributed by atoms with van der Waals surface area (Å²) < 4.78 is 62.6. The van der Waals surface area contributed by atoms with Gasteiger partial charge in [0.2, 0.25) is 5.71 Å². The minimum atomic E-state index is -4.39. The first kappa shape index (κ1) is 29.0. The Morgan fingerprint density at radius 3 is 2.40 bits per heavy atom. The van der Waals surface area contributed by atoms with Crippen molar-refractivity contribution in [3.8, 4) is 0 Å². The Labute approximate surface area is 245 Å². The van der Waals surface area contributed by atoms with Gasteiger partial charge in [0.15, 0.2) is 11.6 Å². The molecule has 0 amide bonds. The van der Waals surface area contributed by atoms with Crippen LogP contribution in [0.25, 0.3) is 16.0 Å². The first-order valence-corrected chi connectivity index (χ1v) is 15.8. The third-order valence-corrected chi connectivity index (χ3v) is 10.5. The van der Waals surface area contributed by atoms with Crippen molar-refractivity contribution < 1.29 is 37.1 Å². The van der Waals surface area contributed by atoms with E-state index < -0.39 is 47.6 Å². The average molecular weight is 610 g/mol. The van der Waals surface area contributed by atoms with Crippen LogP contribution in [-0.4, -0.2) is 47.3 Å². The Morgan fingerprint density at radius 1 is 1.02 bits per heavy atom. The molecule has 6 rings (SSSR count). The molecule has 2 saturated heterocycles. The summed E-state index contributed by atoms with van der Waals surface area (Å²) in [5, 5.41) is 15.0. The molecule has 1 N–H and O–H groups in total. The van der Waals surface area contributed by atoms with Crippen LogP contribution in [-0.2, 0) is 4.57 Å². The number of rotatable bonds is 4. The van der Waals surface area contributed by atoms with E-state index in [2.05, 4.69) is 19.5 Å². The van der Waals surface area contributed by atoms with Crippen molar-refractivity contribution in [2.75, 3.05) is 31.1 Å². The third kappa shape index (κ3) is 4.79. The SMILES string of the molecule is [N-]=[N+]=Nc1c(F)c(F)c(C(=O)[O-])c(C2=C3C=CC(=[N+]4CCCCC4)C=C3P(=O)(O)c3cc(N4CCCCC4)ccc32)c1F. The van der Waals surface area contributed by atoms with Crippen molar-refractivity contribution in [3.05, 3.63) is 91.9 Å². The van der Waals surface area contributed by atoms with E-state index in [9.17, 15) is 23.7 Å². The zero-order valence-corrected chi connectivity index (χ0v) is 23.9. The number of carbonyl (C=O) groups excluding carboxylic acids is 1. The minimum Gasteiger partial charge on any atom is -0.545 e. The molecular weight excluding hydrogens is 582 g/mol. The van der Waals surface area contributed by atoms with E-state index in [4.69, 9.17) is 5.53 Å². The number of benzene rings is 2. The fourth-order valence-electron chi connectivity index (χ4n) is 6.41. The van der Waals surface area contributed by atoms with Gasteiger partial charge in [-0.1, -0.05) is 11.2 Å². The fourth-order valence-corrected chi connectivity index (χ4v) is 8.31. The number of carbonyl (C=O) groups is 1. The lowest BCUT2D eigenvalue weighted by atomic mass is 9.86. The van der Waals surface area contributed by atoms with Gasteiger partial charge >= 0.3 is 0 Å². The number of azide groups is 1. The molecule has 2 aromatic rings. The predicted octanol–water partition coefficient (Wildman–Crippen LogP) is 5.20. The lowest BCUT2D eigenvalue weighted by Crippen LogP contribution is -2.32. The van der Waals surface area contributed by atoms with Crippen LogP contribution in [0.15, 0.2) is 52.4 Å². The highest BCUT2D eigenvalue weighted by molar-refractivity contribution is 7.71. The molecule has 0 radical (unpaired) electrons. The predicted molar refractivity (Wildman–Crippen MR) is 154 cm³/mol. The summed E-state index contributed by atoms with van der Waals surface area (Å²) in [5.41, 5.74) is 6.23. The molecule has 2 aromatic carbocycles. The molecule has 1 aliphatic carbocycles. The van der Waals surface area contributed by atoms with E-state index in [0.29, 0.717) is 11.4 Å². The van der Waals surface area contributed by atoms with Gasteiger partial charge in [0.1, 0.15) is 24.6 Å². The van der Waals surface area contributed by atoms with Gasteiger partial charge in [-0.15, -0.1) is 0 Å². The number of hydrogen-bond donors (Lipinski definition) is 1. The number of carboxylic acid groups (broad SMARTS) is 1. The number of halogens is 3. The Hall–Kier alpha value is -4.11. The highest BCUT2D eigenvalue weighted by Crippen LogP contribution is 2.60. The zero-order chi connectivity index (χ0) is 30.5. The standard InChI is InChI=1S/C30H27F3N5O4P/c31-26-25(30(39)40)24(27(32)29(28(26)33)35-36-34)23-19-9-7-17(37-11-3-1-4-12-37)15-21(19)43(41,42)22-16-18(8-10-20(22)23)38-13-5-2-6-14-38/h7-10,15-16H,1-6,11-14H2,(H-,39,40,41,42). The second kappa shape index (κ2) is 11.2. The summed E-state index contributed by atoms with van der Waals surface area (Å²) in [6.07, 6.45) is 10.5. The first-order valence-electron chi connectivity index (χ1n) is 14.1. The number of carboxylic acids is 1. The van der Waals surface area contributed by atoms with Gasteiger partial charge in [-0.05, 0) is 60.6 Å². The van der Waals surface area contributed by atoms with Crippen molar-refractivity contribution in [3.63, 3.8) is 0 Å². The Morgan fingerprint density at radius 2 is 1.72 bits per heavy atom. The van der Waals surface area contributed by atoms with E-state index in [-0.39, 0.29) is 27.3 Å². The molecule has 0 saturated carbocycles. The van der Waals surface area contributed by atoms with Crippen LogP contribution in [0.5, 0.6) is 0 Å². The number of aromatic carboxylic acids is 1. The van der Waals surface area contributed by atoms with Crippen molar-refractivity contribution in [1.82, 2.24) is 0 Å². The third-order valence-electron chi connectivity index (χ3n) is 8.49. The minimum absolute atomic E-state index is 0.0240. The molecule has 13 heteroatoms. The van der Waals surface area contributed by atoms with E-state index in [1.807, 2.05) is 0 Å². The molecule has 1 unspecified atom stereocenters. The van der Waals surface area contributed by atoms with Crippen molar-refractivity contribution in [2.24, 2.45) is 5.11 Å². The average Bonchev–Trinajstić information content (AvgIpc) is 3.02.